The second kappa shape index (κ2) is 5.71. The molecule has 0 fully saturated rings. The lowest BCUT2D eigenvalue weighted by Gasteiger charge is -2.12. The van der Waals surface area contributed by atoms with Gasteiger partial charge in [0, 0.05) is 5.38 Å². The van der Waals surface area contributed by atoms with E-state index >= 15 is 0 Å². The maximum Gasteiger partial charge on any atom is 0.433 e. The Morgan fingerprint density at radius 1 is 1.40 bits per heavy atom. The molecule has 0 spiro atoms. The van der Waals surface area contributed by atoms with Crippen molar-refractivity contribution in [2.45, 2.75) is 12.7 Å². The van der Waals surface area contributed by atoms with Gasteiger partial charge >= 0.3 is 6.18 Å². The van der Waals surface area contributed by atoms with E-state index in [1.54, 1.807) is 10.9 Å². The van der Waals surface area contributed by atoms with Crippen molar-refractivity contribution in [1.82, 2.24) is 9.97 Å². The Morgan fingerprint density at radius 3 is 2.70 bits per heavy atom. The molecule has 0 aromatic carbocycles. The van der Waals surface area contributed by atoms with Crippen LogP contribution in [0.25, 0.3) is 0 Å². The van der Waals surface area contributed by atoms with Gasteiger partial charge in [-0.3, -0.25) is 0 Å². The summed E-state index contributed by atoms with van der Waals surface area (Å²) >= 11 is 6.19. The molecule has 0 aliphatic rings. The van der Waals surface area contributed by atoms with Crippen LogP contribution in [-0.4, -0.2) is 15.0 Å². The summed E-state index contributed by atoms with van der Waals surface area (Å²) in [6.45, 7) is 0.243. The molecular weight excluding hydrogens is 309 g/mol. The molecule has 9 heteroatoms. The molecule has 0 bridgehead atoms. The third-order valence-corrected chi connectivity index (χ3v) is 3.23. The fourth-order valence-electron chi connectivity index (χ4n) is 1.45. The average Bonchev–Trinajstić information content (AvgIpc) is 2.87. The van der Waals surface area contributed by atoms with E-state index in [9.17, 15) is 13.2 Å². The van der Waals surface area contributed by atoms with Gasteiger partial charge in [-0.15, -0.1) is 11.3 Å². The fourth-order valence-corrected chi connectivity index (χ4v) is 2.17. The zero-order valence-electron chi connectivity index (χ0n) is 9.94. The number of anilines is 1. The fraction of sp³-hybridized carbons (Fsp3) is 0.182. The van der Waals surface area contributed by atoms with Crippen LogP contribution in [0.15, 0.2) is 23.0 Å². The van der Waals surface area contributed by atoms with Gasteiger partial charge in [-0.05, 0) is 12.1 Å². The number of nitrogens with zero attached hydrogens (tertiary/aromatic N) is 2. The maximum absolute atomic E-state index is 12.6. The predicted octanol–water partition coefficient (Wildman–Crippen LogP) is 2.80. The van der Waals surface area contributed by atoms with Crippen LogP contribution in [0.3, 0.4) is 0 Å². The Bertz CT molecular complexity index is 611. The van der Waals surface area contributed by atoms with Gasteiger partial charge in [-0.1, -0.05) is 12.2 Å². The van der Waals surface area contributed by atoms with E-state index in [-0.39, 0.29) is 22.9 Å². The van der Waals surface area contributed by atoms with Crippen molar-refractivity contribution in [1.29, 1.82) is 0 Å². The van der Waals surface area contributed by atoms with Crippen molar-refractivity contribution in [3.63, 3.8) is 0 Å². The van der Waals surface area contributed by atoms with Crippen molar-refractivity contribution in [2.75, 3.05) is 5.32 Å². The number of pyridine rings is 1. The van der Waals surface area contributed by atoms with Gasteiger partial charge in [-0.25, -0.2) is 9.97 Å². The van der Waals surface area contributed by atoms with Crippen molar-refractivity contribution in [3.8, 4) is 0 Å². The van der Waals surface area contributed by atoms with Crippen molar-refractivity contribution < 1.29 is 13.2 Å². The van der Waals surface area contributed by atoms with E-state index in [1.807, 2.05) is 0 Å². The molecule has 0 atom stereocenters. The van der Waals surface area contributed by atoms with Gasteiger partial charge in [0.1, 0.15) is 16.5 Å². The molecule has 2 rings (SSSR count). The van der Waals surface area contributed by atoms with Gasteiger partial charge < -0.3 is 11.1 Å². The largest absolute Gasteiger partial charge is 0.433 e. The minimum Gasteiger partial charge on any atom is -0.389 e. The van der Waals surface area contributed by atoms with Crippen LogP contribution in [0, 0.1) is 0 Å². The SMILES string of the molecule is NC(=S)c1ccc(C(F)(F)F)nc1NCc1cscn1. The van der Waals surface area contributed by atoms with Crippen LogP contribution in [0.5, 0.6) is 0 Å². The number of hydrogen-bond donors (Lipinski definition) is 2. The molecule has 0 aliphatic carbocycles. The Morgan fingerprint density at radius 2 is 2.15 bits per heavy atom. The highest BCUT2D eigenvalue weighted by molar-refractivity contribution is 7.80. The zero-order chi connectivity index (χ0) is 14.8. The minimum atomic E-state index is -4.52. The van der Waals surface area contributed by atoms with Crippen molar-refractivity contribution in [2.24, 2.45) is 5.73 Å². The van der Waals surface area contributed by atoms with Gasteiger partial charge in [0.25, 0.3) is 0 Å². The number of hydrogen-bond acceptors (Lipinski definition) is 5. The predicted molar refractivity (Wildman–Crippen MR) is 74.6 cm³/mol. The topological polar surface area (TPSA) is 63.8 Å². The summed E-state index contributed by atoms with van der Waals surface area (Å²) in [4.78, 5) is 7.53. The standard InChI is InChI=1S/C11H9F3N4S2/c12-11(13,14)8-2-1-7(9(15)19)10(18-8)16-3-6-4-20-5-17-6/h1-2,4-5H,3H2,(H2,15,19)(H,16,18). The second-order valence-corrected chi connectivity index (χ2v) is 4.95. The number of nitrogens with one attached hydrogen (secondary N) is 1. The molecule has 0 aliphatic heterocycles. The molecular formula is C11H9F3N4S2. The van der Waals surface area contributed by atoms with E-state index in [1.165, 1.54) is 17.4 Å². The Hall–Kier alpha value is -1.74. The van der Waals surface area contributed by atoms with Gasteiger partial charge in [0.2, 0.25) is 0 Å². The minimum absolute atomic E-state index is 0.000301. The summed E-state index contributed by atoms with van der Waals surface area (Å²) in [5, 5.41) is 4.55. The maximum atomic E-state index is 12.6. The third-order valence-electron chi connectivity index (χ3n) is 2.37. The summed E-state index contributed by atoms with van der Waals surface area (Å²) in [6.07, 6.45) is -4.52. The molecule has 0 unspecified atom stereocenters. The van der Waals surface area contributed by atoms with Crippen LogP contribution >= 0.6 is 23.6 Å². The first kappa shape index (κ1) is 14.7. The zero-order valence-corrected chi connectivity index (χ0v) is 11.6. The number of thiazole rings is 1. The lowest BCUT2D eigenvalue weighted by Crippen LogP contribution is -2.17. The number of aromatic nitrogens is 2. The normalized spacial score (nSPS) is 11.3. The lowest BCUT2D eigenvalue weighted by atomic mass is 10.2. The van der Waals surface area contributed by atoms with Crippen LogP contribution in [-0.2, 0) is 12.7 Å². The lowest BCUT2D eigenvalue weighted by molar-refractivity contribution is -0.141. The van der Waals surface area contributed by atoms with E-state index in [0.717, 1.165) is 6.07 Å². The first-order chi connectivity index (χ1) is 9.38. The first-order valence-corrected chi connectivity index (χ1v) is 6.72. The van der Waals surface area contributed by atoms with Crippen LogP contribution in [0.1, 0.15) is 17.0 Å². The highest BCUT2D eigenvalue weighted by atomic mass is 32.1. The summed E-state index contributed by atoms with van der Waals surface area (Å²) in [5.74, 6) is 0.000301. The van der Waals surface area contributed by atoms with Gasteiger partial charge in [-0.2, -0.15) is 13.2 Å². The molecule has 0 radical (unpaired) electrons. The van der Waals surface area contributed by atoms with Crippen LogP contribution in [0.4, 0.5) is 19.0 Å². The number of alkyl halides is 3. The summed E-state index contributed by atoms with van der Waals surface area (Å²) in [7, 11) is 0. The van der Waals surface area contributed by atoms with Crippen LogP contribution in [0.2, 0.25) is 0 Å². The molecule has 2 aromatic rings. The molecule has 2 aromatic heterocycles. The quantitative estimate of drug-likeness (QED) is 0.849. The highest BCUT2D eigenvalue weighted by Crippen LogP contribution is 2.29. The van der Waals surface area contributed by atoms with Gasteiger partial charge in [0.05, 0.1) is 23.3 Å². The summed E-state index contributed by atoms with van der Waals surface area (Å²) in [5.41, 5.74) is 7.07. The van der Waals surface area contributed by atoms with Crippen LogP contribution < -0.4 is 11.1 Å². The summed E-state index contributed by atoms with van der Waals surface area (Å²) in [6, 6.07) is 2.06. The molecule has 20 heavy (non-hydrogen) atoms. The number of halogens is 3. The molecule has 0 saturated carbocycles. The number of rotatable bonds is 4. The molecule has 0 saturated heterocycles. The Kier molecular flexibility index (Phi) is 4.19. The molecule has 2 heterocycles. The van der Waals surface area contributed by atoms with E-state index in [4.69, 9.17) is 18.0 Å². The highest BCUT2D eigenvalue weighted by Gasteiger charge is 2.33. The number of nitrogens with two attached hydrogens (primary N) is 1. The Balaban J connectivity index is 2.29. The molecule has 0 amide bonds. The smallest absolute Gasteiger partial charge is 0.389 e. The van der Waals surface area contributed by atoms with Crippen molar-refractivity contribution >= 4 is 34.4 Å². The van der Waals surface area contributed by atoms with Gasteiger partial charge in [0.15, 0.2) is 0 Å². The number of thiocarbonyl (C=S) groups is 1. The second-order valence-electron chi connectivity index (χ2n) is 3.79. The third kappa shape index (κ3) is 3.42. The van der Waals surface area contributed by atoms with E-state index in [0.29, 0.717) is 5.69 Å². The average molecular weight is 318 g/mol. The molecule has 106 valence electrons. The first-order valence-electron chi connectivity index (χ1n) is 5.37. The summed E-state index contributed by atoms with van der Waals surface area (Å²) < 4.78 is 37.9. The Labute approximate surface area is 121 Å². The van der Waals surface area contributed by atoms with E-state index < -0.39 is 11.9 Å². The van der Waals surface area contributed by atoms with E-state index in [2.05, 4.69) is 15.3 Å². The molecule has 3 N–H and O–H groups in total. The monoisotopic (exact) mass is 318 g/mol. The molecule has 4 nitrogen and oxygen atoms in total. The van der Waals surface area contributed by atoms with Crippen molar-refractivity contribution in [3.05, 3.63) is 40.0 Å².